The minimum atomic E-state index is -1.30. The SMILES string of the molecule is Cc1cc(C2(CN)NC(=O)NC2=O)ccc1F. The molecule has 1 heterocycles. The van der Waals surface area contributed by atoms with Crippen LogP contribution >= 0.6 is 0 Å². The molecule has 1 aromatic rings. The summed E-state index contributed by atoms with van der Waals surface area (Å²) in [4.78, 5) is 22.9. The Labute approximate surface area is 97.2 Å². The second kappa shape index (κ2) is 3.81. The Hall–Kier alpha value is -1.95. The summed E-state index contributed by atoms with van der Waals surface area (Å²) in [6.45, 7) is 1.49. The van der Waals surface area contributed by atoms with Gasteiger partial charge >= 0.3 is 6.03 Å². The molecule has 0 radical (unpaired) electrons. The van der Waals surface area contributed by atoms with Crippen LogP contribution in [0.4, 0.5) is 9.18 Å². The molecular weight excluding hydrogens is 225 g/mol. The third-order valence-electron chi connectivity index (χ3n) is 2.90. The fourth-order valence-corrected chi connectivity index (χ4v) is 1.87. The number of carbonyl (C=O) groups excluding carboxylic acids is 2. The van der Waals surface area contributed by atoms with Crippen LogP contribution in [-0.2, 0) is 10.3 Å². The largest absolute Gasteiger partial charge is 0.327 e. The first-order valence-electron chi connectivity index (χ1n) is 5.10. The Kier molecular flexibility index (Phi) is 2.59. The average Bonchev–Trinajstić information content (AvgIpc) is 2.58. The summed E-state index contributed by atoms with van der Waals surface area (Å²) in [7, 11) is 0. The predicted octanol–water partition coefficient (Wildman–Crippen LogP) is 0.128. The molecule has 1 aromatic carbocycles. The van der Waals surface area contributed by atoms with Crippen LogP contribution in [0.2, 0.25) is 0 Å². The van der Waals surface area contributed by atoms with Crippen LogP contribution in [0.3, 0.4) is 0 Å². The molecule has 1 fully saturated rings. The zero-order valence-corrected chi connectivity index (χ0v) is 9.21. The molecule has 5 nitrogen and oxygen atoms in total. The molecule has 1 aliphatic heterocycles. The molecule has 0 bridgehead atoms. The van der Waals surface area contributed by atoms with Gasteiger partial charge in [-0.05, 0) is 24.1 Å². The van der Waals surface area contributed by atoms with Crippen molar-refractivity contribution in [2.45, 2.75) is 12.5 Å². The third-order valence-corrected chi connectivity index (χ3v) is 2.90. The van der Waals surface area contributed by atoms with Gasteiger partial charge in [0.15, 0.2) is 5.54 Å². The number of urea groups is 1. The first-order chi connectivity index (χ1) is 7.99. The number of benzene rings is 1. The van der Waals surface area contributed by atoms with Crippen LogP contribution in [0.15, 0.2) is 18.2 Å². The standard InChI is InChI=1S/C11H12FN3O2/c1-6-4-7(2-3-8(6)12)11(5-13)9(16)14-10(17)15-11/h2-4H,5,13H2,1H3,(H2,14,15,16,17). The first-order valence-corrected chi connectivity index (χ1v) is 5.10. The molecule has 0 aromatic heterocycles. The van der Waals surface area contributed by atoms with E-state index in [9.17, 15) is 14.0 Å². The summed E-state index contributed by atoms with van der Waals surface area (Å²) >= 11 is 0. The number of aryl methyl sites for hydroxylation is 1. The van der Waals surface area contributed by atoms with Crippen molar-refractivity contribution in [1.29, 1.82) is 0 Å². The monoisotopic (exact) mass is 237 g/mol. The van der Waals surface area contributed by atoms with Crippen LogP contribution in [-0.4, -0.2) is 18.5 Å². The van der Waals surface area contributed by atoms with Gasteiger partial charge in [0.25, 0.3) is 5.91 Å². The average molecular weight is 237 g/mol. The van der Waals surface area contributed by atoms with Crippen molar-refractivity contribution >= 4 is 11.9 Å². The van der Waals surface area contributed by atoms with Gasteiger partial charge in [-0.1, -0.05) is 12.1 Å². The Morgan fingerprint density at radius 1 is 1.41 bits per heavy atom. The molecule has 1 saturated heterocycles. The summed E-state index contributed by atoms with van der Waals surface area (Å²) in [6, 6.07) is 3.61. The van der Waals surface area contributed by atoms with Crippen molar-refractivity contribution in [3.05, 3.63) is 35.1 Å². The third kappa shape index (κ3) is 1.66. The predicted molar refractivity (Wildman–Crippen MR) is 58.5 cm³/mol. The van der Waals surface area contributed by atoms with E-state index in [2.05, 4.69) is 10.6 Å². The lowest BCUT2D eigenvalue weighted by Gasteiger charge is -2.24. The quantitative estimate of drug-likeness (QED) is 0.639. The lowest BCUT2D eigenvalue weighted by molar-refractivity contribution is -0.123. The van der Waals surface area contributed by atoms with E-state index >= 15 is 0 Å². The number of nitrogens with one attached hydrogen (secondary N) is 2. The number of hydrogen-bond donors (Lipinski definition) is 3. The van der Waals surface area contributed by atoms with Gasteiger partial charge < -0.3 is 11.1 Å². The maximum atomic E-state index is 13.2. The maximum absolute atomic E-state index is 13.2. The molecule has 4 N–H and O–H groups in total. The van der Waals surface area contributed by atoms with Gasteiger partial charge in [-0.2, -0.15) is 0 Å². The molecule has 3 amide bonds. The fourth-order valence-electron chi connectivity index (χ4n) is 1.87. The summed E-state index contributed by atoms with van der Waals surface area (Å²) < 4.78 is 13.2. The van der Waals surface area contributed by atoms with E-state index in [1.54, 1.807) is 6.92 Å². The van der Waals surface area contributed by atoms with Crippen LogP contribution in [0.25, 0.3) is 0 Å². The maximum Gasteiger partial charge on any atom is 0.322 e. The molecule has 0 spiro atoms. The number of halogens is 1. The van der Waals surface area contributed by atoms with E-state index in [-0.39, 0.29) is 12.4 Å². The first kappa shape index (κ1) is 11.5. The van der Waals surface area contributed by atoms with E-state index in [1.807, 2.05) is 0 Å². The van der Waals surface area contributed by atoms with E-state index < -0.39 is 17.5 Å². The fraction of sp³-hybridized carbons (Fsp3) is 0.273. The van der Waals surface area contributed by atoms with Crippen molar-refractivity contribution in [3.63, 3.8) is 0 Å². The molecule has 1 unspecified atom stereocenters. The van der Waals surface area contributed by atoms with Gasteiger partial charge in [0.1, 0.15) is 5.82 Å². The summed E-state index contributed by atoms with van der Waals surface area (Å²) in [5, 5.41) is 4.61. The van der Waals surface area contributed by atoms with Crippen LogP contribution in [0.1, 0.15) is 11.1 Å². The molecule has 0 saturated carbocycles. The van der Waals surface area contributed by atoms with Gasteiger partial charge in [-0.15, -0.1) is 0 Å². The second-order valence-electron chi connectivity index (χ2n) is 3.98. The molecule has 17 heavy (non-hydrogen) atoms. The van der Waals surface area contributed by atoms with Gasteiger partial charge in [0, 0.05) is 6.54 Å². The zero-order chi connectivity index (χ0) is 12.6. The highest BCUT2D eigenvalue weighted by Gasteiger charge is 2.46. The van der Waals surface area contributed by atoms with Crippen molar-refractivity contribution < 1.29 is 14.0 Å². The molecule has 0 aliphatic carbocycles. The van der Waals surface area contributed by atoms with E-state index in [4.69, 9.17) is 5.73 Å². The van der Waals surface area contributed by atoms with Gasteiger partial charge in [-0.25, -0.2) is 9.18 Å². The normalized spacial score (nSPS) is 23.5. The lowest BCUT2D eigenvalue weighted by atomic mass is 9.89. The van der Waals surface area contributed by atoms with E-state index in [1.165, 1.54) is 18.2 Å². The number of amides is 3. The molecule has 1 atom stereocenters. The summed E-state index contributed by atoms with van der Waals surface area (Å²) in [5.41, 5.74) is 5.14. The Bertz CT molecular complexity index is 503. The smallest absolute Gasteiger partial charge is 0.322 e. The summed E-state index contributed by atoms with van der Waals surface area (Å²) in [5.74, 6) is -0.887. The molecule has 2 rings (SSSR count). The van der Waals surface area contributed by atoms with Gasteiger partial charge in [0.2, 0.25) is 0 Å². The Morgan fingerprint density at radius 2 is 2.12 bits per heavy atom. The Morgan fingerprint density at radius 3 is 2.59 bits per heavy atom. The number of nitrogens with two attached hydrogens (primary N) is 1. The number of hydrogen-bond acceptors (Lipinski definition) is 3. The van der Waals surface area contributed by atoms with E-state index in [0.29, 0.717) is 11.1 Å². The molecule has 6 heteroatoms. The minimum Gasteiger partial charge on any atom is -0.327 e. The minimum absolute atomic E-state index is 0.0877. The van der Waals surface area contributed by atoms with Gasteiger partial charge in [0.05, 0.1) is 0 Å². The molecular formula is C11H12FN3O2. The number of imide groups is 1. The lowest BCUT2D eigenvalue weighted by Crippen LogP contribution is -2.50. The highest BCUT2D eigenvalue weighted by Crippen LogP contribution is 2.25. The van der Waals surface area contributed by atoms with Crippen LogP contribution in [0, 0.1) is 12.7 Å². The second-order valence-corrected chi connectivity index (χ2v) is 3.98. The van der Waals surface area contributed by atoms with Crippen molar-refractivity contribution in [2.75, 3.05) is 6.54 Å². The number of rotatable bonds is 2. The molecule has 1 aliphatic rings. The van der Waals surface area contributed by atoms with Crippen LogP contribution in [0.5, 0.6) is 0 Å². The van der Waals surface area contributed by atoms with Crippen molar-refractivity contribution in [2.24, 2.45) is 5.73 Å². The van der Waals surface area contributed by atoms with Gasteiger partial charge in [-0.3, -0.25) is 10.1 Å². The van der Waals surface area contributed by atoms with Crippen molar-refractivity contribution in [1.82, 2.24) is 10.6 Å². The summed E-state index contributed by atoms with van der Waals surface area (Å²) in [6.07, 6.45) is 0. The topological polar surface area (TPSA) is 84.2 Å². The molecule has 90 valence electrons. The zero-order valence-electron chi connectivity index (χ0n) is 9.21. The van der Waals surface area contributed by atoms with Crippen molar-refractivity contribution in [3.8, 4) is 0 Å². The van der Waals surface area contributed by atoms with Crippen LogP contribution < -0.4 is 16.4 Å². The highest BCUT2D eigenvalue weighted by atomic mass is 19.1. The highest BCUT2D eigenvalue weighted by molar-refractivity contribution is 6.07. The Balaban J connectivity index is 2.52. The van der Waals surface area contributed by atoms with E-state index in [0.717, 1.165) is 0 Å². The number of carbonyl (C=O) groups is 2.